The molecule has 130 valence electrons. The fourth-order valence-electron chi connectivity index (χ4n) is 3.70. The second-order valence-electron chi connectivity index (χ2n) is 6.42. The van der Waals surface area contributed by atoms with E-state index in [0.717, 1.165) is 6.42 Å². The fourth-order valence-corrected chi connectivity index (χ4v) is 3.70. The van der Waals surface area contributed by atoms with E-state index in [1.54, 1.807) is 29.4 Å². The van der Waals surface area contributed by atoms with E-state index in [1.165, 1.54) is 0 Å². The van der Waals surface area contributed by atoms with Gasteiger partial charge in [0.15, 0.2) is 0 Å². The van der Waals surface area contributed by atoms with E-state index in [-0.39, 0.29) is 29.9 Å². The van der Waals surface area contributed by atoms with Gasteiger partial charge >= 0.3 is 0 Å². The number of nitrogens with one attached hydrogen (secondary N) is 1. The number of carbonyl (C=O) groups is 2. The number of furan rings is 1. The molecule has 2 fully saturated rings. The molecule has 3 atom stereocenters. The van der Waals surface area contributed by atoms with Crippen molar-refractivity contribution >= 4 is 11.8 Å². The maximum Gasteiger partial charge on any atom is 0.254 e. The SMILES string of the molecule is O=C(NCc1ccco1)[C@@H]1CN(C(=O)c2ccccc2)[C@@H]2CCO[C@@H]21. The van der Waals surface area contributed by atoms with Crippen LogP contribution in [0, 0.1) is 5.92 Å². The van der Waals surface area contributed by atoms with Crippen molar-refractivity contribution in [1.82, 2.24) is 10.2 Å². The number of nitrogens with zero attached hydrogens (tertiary/aromatic N) is 1. The molecule has 2 aromatic rings. The van der Waals surface area contributed by atoms with Crippen LogP contribution in [-0.2, 0) is 16.1 Å². The van der Waals surface area contributed by atoms with Gasteiger partial charge in [0.2, 0.25) is 5.91 Å². The molecule has 1 aromatic carbocycles. The number of likely N-dealkylation sites (tertiary alicyclic amines) is 1. The Morgan fingerprint density at radius 2 is 2.00 bits per heavy atom. The van der Waals surface area contributed by atoms with Crippen molar-refractivity contribution < 1.29 is 18.7 Å². The van der Waals surface area contributed by atoms with Crippen LogP contribution in [0.4, 0.5) is 0 Å². The first-order valence-corrected chi connectivity index (χ1v) is 8.52. The highest BCUT2D eigenvalue weighted by atomic mass is 16.5. The van der Waals surface area contributed by atoms with Crippen molar-refractivity contribution in [2.45, 2.75) is 25.1 Å². The summed E-state index contributed by atoms with van der Waals surface area (Å²) in [6, 6.07) is 12.7. The van der Waals surface area contributed by atoms with Gasteiger partial charge in [-0.25, -0.2) is 0 Å². The van der Waals surface area contributed by atoms with Gasteiger partial charge in [-0.2, -0.15) is 0 Å². The maximum atomic E-state index is 12.8. The summed E-state index contributed by atoms with van der Waals surface area (Å²) >= 11 is 0. The lowest BCUT2D eigenvalue weighted by Gasteiger charge is -2.22. The van der Waals surface area contributed by atoms with Gasteiger partial charge in [-0.05, 0) is 30.7 Å². The fraction of sp³-hybridized carbons (Fsp3) is 0.368. The van der Waals surface area contributed by atoms with Crippen molar-refractivity contribution in [2.75, 3.05) is 13.2 Å². The zero-order valence-electron chi connectivity index (χ0n) is 13.8. The number of carbonyl (C=O) groups excluding carboxylic acids is 2. The van der Waals surface area contributed by atoms with Gasteiger partial charge in [0.05, 0.1) is 30.9 Å². The molecule has 6 heteroatoms. The second-order valence-corrected chi connectivity index (χ2v) is 6.42. The van der Waals surface area contributed by atoms with E-state index in [2.05, 4.69) is 5.32 Å². The smallest absolute Gasteiger partial charge is 0.254 e. The number of fused-ring (bicyclic) bond motifs is 1. The lowest BCUT2D eigenvalue weighted by Crippen LogP contribution is -2.37. The molecule has 1 N–H and O–H groups in total. The van der Waals surface area contributed by atoms with Gasteiger partial charge in [0.1, 0.15) is 5.76 Å². The van der Waals surface area contributed by atoms with Crippen molar-refractivity contribution in [1.29, 1.82) is 0 Å². The number of ether oxygens (including phenoxy) is 1. The Kier molecular flexibility index (Phi) is 4.28. The third-order valence-electron chi connectivity index (χ3n) is 4.93. The van der Waals surface area contributed by atoms with Gasteiger partial charge in [-0.15, -0.1) is 0 Å². The Balaban J connectivity index is 1.47. The largest absolute Gasteiger partial charge is 0.467 e. The molecule has 0 spiro atoms. The highest BCUT2D eigenvalue weighted by Crippen LogP contribution is 2.34. The number of rotatable bonds is 4. The molecule has 4 rings (SSSR count). The summed E-state index contributed by atoms with van der Waals surface area (Å²) in [5.74, 6) is 0.210. The van der Waals surface area contributed by atoms with Crippen LogP contribution in [0.25, 0.3) is 0 Å². The Hall–Kier alpha value is -2.60. The number of hydrogen-bond acceptors (Lipinski definition) is 4. The summed E-state index contributed by atoms with van der Waals surface area (Å²) in [4.78, 5) is 27.2. The molecular weight excluding hydrogens is 320 g/mol. The minimum Gasteiger partial charge on any atom is -0.467 e. The van der Waals surface area contributed by atoms with E-state index in [0.29, 0.717) is 31.0 Å². The Bertz CT molecular complexity index is 744. The monoisotopic (exact) mass is 340 g/mol. The zero-order valence-corrected chi connectivity index (χ0v) is 13.8. The number of amides is 2. The lowest BCUT2D eigenvalue weighted by molar-refractivity contribution is -0.127. The van der Waals surface area contributed by atoms with Gasteiger partial charge in [0.25, 0.3) is 5.91 Å². The predicted octanol–water partition coefficient (Wildman–Crippen LogP) is 1.83. The van der Waals surface area contributed by atoms with E-state index in [4.69, 9.17) is 9.15 Å². The van der Waals surface area contributed by atoms with Crippen molar-refractivity contribution in [2.24, 2.45) is 5.92 Å². The molecule has 3 heterocycles. The molecule has 0 unspecified atom stereocenters. The summed E-state index contributed by atoms with van der Waals surface area (Å²) in [6.45, 7) is 1.30. The van der Waals surface area contributed by atoms with Crippen LogP contribution in [0.5, 0.6) is 0 Å². The summed E-state index contributed by atoms with van der Waals surface area (Å²) in [6.07, 6.45) is 2.11. The average molecular weight is 340 g/mol. The first-order chi connectivity index (χ1) is 12.2. The van der Waals surface area contributed by atoms with Gasteiger partial charge in [-0.1, -0.05) is 18.2 Å². The Morgan fingerprint density at radius 3 is 2.76 bits per heavy atom. The van der Waals surface area contributed by atoms with E-state index < -0.39 is 0 Å². The molecule has 25 heavy (non-hydrogen) atoms. The average Bonchev–Trinajstić information content (AvgIpc) is 3.37. The molecule has 1 aromatic heterocycles. The molecule has 2 saturated heterocycles. The van der Waals surface area contributed by atoms with Crippen LogP contribution in [0.2, 0.25) is 0 Å². The molecule has 2 aliphatic heterocycles. The van der Waals surface area contributed by atoms with Crippen molar-refractivity contribution in [3.05, 3.63) is 60.1 Å². The quantitative estimate of drug-likeness (QED) is 0.922. The van der Waals surface area contributed by atoms with Gasteiger partial charge in [0, 0.05) is 18.7 Å². The first-order valence-electron chi connectivity index (χ1n) is 8.52. The van der Waals surface area contributed by atoms with Crippen molar-refractivity contribution in [3.8, 4) is 0 Å². The van der Waals surface area contributed by atoms with Gasteiger partial charge < -0.3 is 19.4 Å². The molecule has 2 aliphatic rings. The van der Waals surface area contributed by atoms with E-state index in [1.807, 2.05) is 24.3 Å². The van der Waals surface area contributed by atoms with E-state index >= 15 is 0 Å². The summed E-state index contributed by atoms with van der Waals surface area (Å²) in [5.41, 5.74) is 0.643. The molecule has 0 bridgehead atoms. The van der Waals surface area contributed by atoms with E-state index in [9.17, 15) is 9.59 Å². The molecule has 0 saturated carbocycles. The van der Waals surface area contributed by atoms with Crippen LogP contribution in [0.3, 0.4) is 0 Å². The molecule has 6 nitrogen and oxygen atoms in total. The molecule has 0 aliphatic carbocycles. The van der Waals surface area contributed by atoms with Crippen LogP contribution in [0.1, 0.15) is 22.5 Å². The highest BCUT2D eigenvalue weighted by molar-refractivity contribution is 5.95. The third kappa shape index (κ3) is 3.05. The minimum absolute atomic E-state index is 0.0351. The third-order valence-corrected chi connectivity index (χ3v) is 4.93. The summed E-state index contributed by atoms with van der Waals surface area (Å²) in [5, 5.41) is 2.89. The van der Waals surface area contributed by atoms with Gasteiger partial charge in [-0.3, -0.25) is 9.59 Å². The normalized spacial score (nSPS) is 25.0. The highest BCUT2D eigenvalue weighted by Gasteiger charge is 2.50. The Labute approximate surface area is 145 Å². The minimum atomic E-state index is -0.352. The predicted molar refractivity (Wildman–Crippen MR) is 89.7 cm³/mol. The van der Waals surface area contributed by atoms with Crippen LogP contribution >= 0.6 is 0 Å². The summed E-state index contributed by atoms with van der Waals surface area (Å²) < 4.78 is 11.0. The lowest BCUT2D eigenvalue weighted by atomic mass is 10.0. The number of hydrogen-bond donors (Lipinski definition) is 1. The Morgan fingerprint density at radius 1 is 1.16 bits per heavy atom. The van der Waals surface area contributed by atoms with Crippen LogP contribution < -0.4 is 5.32 Å². The topological polar surface area (TPSA) is 71.8 Å². The molecule has 2 amide bonds. The number of benzene rings is 1. The molecular formula is C19H20N2O4. The van der Waals surface area contributed by atoms with Crippen LogP contribution in [0.15, 0.2) is 53.1 Å². The summed E-state index contributed by atoms with van der Waals surface area (Å²) in [7, 11) is 0. The standard InChI is InChI=1S/C19H20N2O4/c22-18(20-11-14-7-4-9-24-14)15-12-21(16-8-10-25-17(15)16)19(23)13-5-2-1-3-6-13/h1-7,9,15-17H,8,10-12H2,(H,20,22)/t15-,16-,17-/m1/s1. The van der Waals surface area contributed by atoms with Crippen LogP contribution in [-0.4, -0.2) is 42.0 Å². The maximum absolute atomic E-state index is 12.8. The zero-order chi connectivity index (χ0) is 17.2. The molecule has 0 radical (unpaired) electrons. The first kappa shape index (κ1) is 15.9. The second kappa shape index (κ2) is 6.72. The van der Waals surface area contributed by atoms with Crippen molar-refractivity contribution in [3.63, 3.8) is 0 Å².